The van der Waals surface area contributed by atoms with Crippen LogP contribution in [0, 0.1) is 33.8 Å². The molecule has 1 aromatic rings. The van der Waals surface area contributed by atoms with Gasteiger partial charge in [0.25, 0.3) is 5.91 Å². The monoisotopic (exact) mass is 582 g/mol. The summed E-state index contributed by atoms with van der Waals surface area (Å²) in [6, 6.07) is 3.41. The predicted octanol–water partition coefficient (Wildman–Crippen LogP) is 3.85. The van der Waals surface area contributed by atoms with Crippen LogP contribution in [-0.4, -0.2) is 56.4 Å². The molecule has 0 radical (unpaired) electrons. The van der Waals surface area contributed by atoms with Gasteiger partial charge in [-0.15, -0.1) is 0 Å². The second-order valence-corrected chi connectivity index (χ2v) is 13.0. The molecule has 3 saturated carbocycles. The first-order valence-electron chi connectivity index (χ1n) is 14.6. The van der Waals surface area contributed by atoms with Crippen LogP contribution < -0.4 is 10.5 Å². The summed E-state index contributed by atoms with van der Waals surface area (Å²) in [5.74, 6) is -0.725. The molecule has 4 aliphatic carbocycles. The van der Waals surface area contributed by atoms with E-state index >= 15 is 0 Å². The zero-order valence-corrected chi connectivity index (χ0v) is 24.2. The second kappa shape index (κ2) is 11.1. The quantitative estimate of drug-likeness (QED) is 0.285. The topological polar surface area (TPSA) is 175 Å². The molecule has 11 heteroatoms. The van der Waals surface area contributed by atoms with Crippen molar-refractivity contribution in [1.82, 2.24) is 5.32 Å². The molecule has 0 aliphatic heterocycles. The SMILES string of the molecule is C[C@]12C=CC(=NOCC(=O)N[C@H](C(=O)O)[C@H](O)c3cccc(N([O-])O)c3)C=C1CC[C@H]1[C@H]2CC[C@@]2(C)[C@H]1CC[C@]2(C)O. The third-order valence-corrected chi connectivity index (χ3v) is 10.8. The minimum absolute atomic E-state index is 0.0221. The summed E-state index contributed by atoms with van der Waals surface area (Å²) in [5, 5.41) is 57.4. The van der Waals surface area contributed by atoms with E-state index in [2.05, 4.69) is 30.4 Å². The summed E-state index contributed by atoms with van der Waals surface area (Å²) < 4.78 is 0. The molecule has 42 heavy (non-hydrogen) atoms. The van der Waals surface area contributed by atoms with Crippen LogP contribution in [0.25, 0.3) is 0 Å². The van der Waals surface area contributed by atoms with Gasteiger partial charge in [0, 0.05) is 5.41 Å². The van der Waals surface area contributed by atoms with Crippen molar-refractivity contribution in [2.75, 3.05) is 11.8 Å². The Kier molecular flexibility index (Phi) is 7.99. The van der Waals surface area contributed by atoms with Gasteiger partial charge in [-0.1, -0.05) is 42.8 Å². The number of carboxylic acid groups (broad SMARTS) is 1. The highest BCUT2D eigenvalue weighted by Crippen LogP contribution is 2.66. The van der Waals surface area contributed by atoms with Gasteiger partial charge in [0.15, 0.2) is 12.6 Å². The Bertz CT molecular complexity index is 1320. The molecule has 228 valence electrons. The van der Waals surface area contributed by atoms with Crippen molar-refractivity contribution in [1.29, 1.82) is 0 Å². The van der Waals surface area contributed by atoms with Gasteiger partial charge >= 0.3 is 5.97 Å². The first kappa shape index (κ1) is 30.2. The lowest BCUT2D eigenvalue weighted by Crippen LogP contribution is -2.53. The zero-order chi connectivity index (χ0) is 30.4. The number of aliphatic carboxylic acids is 1. The minimum Gasteiger partial charge on any atom is -0.733 e. The summed E-state index contributed by atoms with van der Waals surface area (Å²) in [4.78, 5) is 29.5. The molecule has 5 N–H and O–H groups in total. The fraction of sp³-hybridized carbons (Fsp3) is 0.581. The molecular formula is C31H40N3O8-. The van der Waals surface area contributed by atoms with E-state index in [1.165, 1.54) is 23.8 Å². The number of hydrogen-bond donors (Lipinski definition) is 5. The van der Waals surface area contributed by atoms with Crippen LogP contribution in [0.2, 0.25) is 0 Å². The molecule has 5 rings (SSSR count). The number of carbonyl (C=O) groups is 2. The summed E-state index contributed by atoms with van der Waals surface area (Å²) in [6.45, 7) is 6.01. The van der Waals surface area contributed by atoms with E-state index in [1.807, 2.05) is 19.1 Å². The van der Waals surface area contributed by atoms with E-state index < -0.39 is 41.5 Å². The number of allylic oxidation sites excluding steroid dienone is 4. The number of nitrogens with zero attached hydrogens (tertiary/aromatic N) is 2. The average Bonchev–Trinajstić information content (AvgIpc) is 3.19. The van der Waals surface area contributed by atoms with Crippen LogP contribution in [0.4, 0.5) is 5.69 Å². The van der Waals surface area contributed by atoms with Crippen molar-refractivity contribution in [2.45, 2.75) is 77.0 Å². The van der Waals surface area contributed by atoms with Gasteiger partial charge in [-0.25, -0.2) is 4.79 Å². The van der Waals surface area contributed by atoms with E-state index in [9.17, 15) is 30.1 Å². The van der Waals surface area contributed by atoms with Crippen molar-refractivity contribution in [3.05, 3.63) is 58.8 Å². The fourth-order valence-electron chi connectivity index (χ4n) is 8.18. The smallest absolute Gasteiger partial charge is 0.329 e. The molecule has 0 saturated heterocycles. The molecule has 1 amide bonds. The number of aliphatic hydroxyl groups excluding tert-OH is 1. The molecular weight excluding hydrogens is 542 g/mol. The third-order valence-electron chi connectivity index (χ3n) is 10.8. The Hall–Kier alpha value is -3.25. The van der Waals surface area contributed by atoms with E-state index in [1.54, 1.807) is 0 Å². The first-order chi connectivity index (χ1) is 19.8. The van der Waals surface area contributed by atoms with E-state index in [4.69, 9.17) is 10.0 Å². The normalized spacial score (nSPS) is 35.7. The molecule has 0 heterocycles. The van der Waals surface area contributed by atoms with E-state index in [0.29, 0.717) is 23.5 Å². The molecule has 0 unspecified atom stereocenters. The Balaban J connectivity index is 1.20. The number of aliphatic hydroxyl groups is 2. The minimum atomic E-state index is -1.73. The van der Waals surface area contributed by atoms with Gasteiger partial charge in [-0.2, -0.15) is 0 Å². The van der Waals surface area contributed by atoms with Gasteiger partial charge in [-0.05, 0) is 98.5 Å². The molecule has 11 nitrogen and oxygen atoms in total. The summed E-state index contributed by atoms with van der Waals surface area (Å²) in [6.07, 6.45) is 10.4. The molecule has 4 aliphatic rings. The van der Waals surface area contributed by atoms with Crippen LogP contribution >= 0.6 is 0 Å². The van der Waals surface area contributed by atoms with Crippen molar-refractivity contribution < 1.29 is 35.0 Å². The summed E-state index contributed by atoms with van der Waals surface area (Å²) in [5.41, 5.74) is 0.915. The molecule has 8 atom stereocenters. The predicted molar refractivity (Wildman–Crippen MR) is 154 cm³/mol. The van der Waals surface area contributed by atoms with Gasteiger partial charge in [-0.3, -0.25) is 10.0 Å². The zero-order valence-electron chi connectivity index (χ0n) is 24.2. The highest BCUT2D eigenvalue weighted by molar-refractivity contribution is 6.05. The molecule has 3 fully saturated rings. The summed E-state index contributed by atoms with van der Waals surface area (Å²) >= 11 is 0. The average molecular weight is 583 g/mol. The number of carbonyl (C=O) groups excluding carboxylic acids is 1. The number of amides is 1. The van der Waals surface area contributed by atoms with Crippen LogP contribution in [0.3, 0.4) is 0 Å². The second-order valence-electron chi connectivity index (χ2n) is 13.0. The third kappa shape index (κ3) is 5.23. The highest BCUT2D eigenvalue weighted by atomic mass is 16.8. The number of rotatable bonds is 8. The Morgan fingerprint density at radius 3 is 2.64 bits per heavy atom. The Morgan fingerprint density at radius 1 is 1.19 bits per heavy atom. The summed E-state index contributed by atoms with van der Waals surface area (Å²) in [7, 11) is 0. The van der Waals surface area contributed by atoms with Crippen LogP contribution in [0.1, 0.15) is 71.0 Å². The lowest BCUT2D eigenvalue weighted by atomic mass is 9.47. The van der Waals surface area contributed by atoms with Crippen molar-refractivity contribution in [3.8, 4) is 0 Å². The maximum Gasteiger partial charge on any atom is 0.329 e. The lowest BCUT2D eigenvalue weighted by molar-refractivity contribution is -0.146. The van der Waals surface area contributed by atoms with E-state index in [0.717, 1.165) is 44.6 Å². The fourth-order valence-corrected chi connectivity index (χ4v) is 8.18. The molecule has 1 aromatic carbocycles. The van der Waals surface area contributed by atoms with E-state index in [-0.39, 0.29) is 22.1 Å². The van der Waals surface area contributed by atoms with Gasteiger partial charge in [0.2, 0.25) is 0 Å². The number of hydrogen-bond acceptors (Lipinski definition) is 9. The number of oxime groups is 1. The number of benzene rings is 1. The molecule has 0 aromatic heterocycles. The van der Waals surface area contributed by atoms with Gasteiger partial charge in [0.1, 0.15) is 11.8 Å². The standard InChI is InChI=1S/C31H40N3O8/c1-29-12-9-20(16-19(29)7-8-22-23(29)10-13-30(2)24(22)11-14-31(30,3)39)33-42-17-25(35)32-26(28(37)38)27(36)18-5-4-6-21(15-18)34(40)41/h4-6,9,12,15-16,22-24,26-27,36,39-40H,7-8,10-11,13-14,17H2,1-3H3,(H,32,35)(H,37,38)/q-1/t22-,23+,24-,26-,27+,29-,30-,31-/m0/s1. The van der Waals surface area contributed by atoms with Gasteiger partial charge < -0.3 is 35.9 Å². The largest absolute Gasteiger partial charge is 0.733 e. The first-order valence-corrected chi connectivity index (χ1v) is 14.6. The highest BCUT2D eigenvalue weighted by Gasteiger charge is 2.62. The van der Waals surface area contributed by atoms with Crippen molar-refractivity contribution >= 4 is 23.3 Å². The number of anilines is 1. The van der Waals surface area contributed by atoms with Crippen LogP contribution in [-0.2, 0) is 14.4 Å². The Morgan fingerprint density at radius 2 is 1.93 bits per heavy atom. The maximum absolute atomic E-state index is 12.5. The Labute approximate surface area is 245 Å². The number of fused-ring (bicyclic) bond motifs is 5. The van der Waals surface area contributed by atoms with Crippen LogP contribution in [0.5, 0.6) is 0 Å². The van der Waals surface area contributed by atoms with Crippen LogP contribution in [0.15, 0.2) is 53.2 Å². The van der Waals surface area contributed by atoms with Gasteiger partial charge in [0.05, 0.1) is 11.3 Å². The number of carboxylic acids is 1. The number of nitrogens with one attached hydrogen (secondary N) is 1. The molecule has 0 spiro atoms. The van der Waals surface area contributed by atoms with Crippen molar-refractivity contribution in [3.63, 3.8) is 0 Å². The maximum atomic E-state index is 12.5. The lowest BCUT2D eigenvalue weighted by Gasteiger charge is -2.58. The molecule has 0 bridgehead atoms. The van der Waals surface area contributed by atoms with Crippen molar-refractivity contribution in [2.24, 2.45) is 33.7 Å².